The molecule has 3 N–H and O–H groups in total. The van der Waals surface area contributed by atoms with Crippen LogP contribution in [-0.2, 0) is 4.74 Å². The Morgan fingerprint density at radius 1 is 1.54 bits per heavy atom. The van der Waals surface area contributed by atoms with E-state index in [1.807, 2.05) is 0 Å². The minimum absolute atomic E-state index is 0.250. The molecule has 0 heterocycles. The van der Waals surface area contributed by atoms with E-state index >= 15 is 0 Å². The summed E-state index contributed by atoms with van der Waals surface area (Å²) in [7, 11) is 0. The number of alkyl halides is 3. The summed E-state index contributed by atoms with van der Waals surface area (Å²) in [5.74, 6) is -2.87. The minimum atomic E-state index is -4.49. The predicted octanol–water partition coefficient (Wildman–Crippen LogP) is 1.53. The van der Waals surface area contributed by atoms with E-state index in [1.165, 1.54) is 0 Å². The molecule has 13 heavy (non-hydrogen) atoms. The van der Waals surface area contributed by atoms with Gasteiger partial charge in [-0.2, -0.15) is 13.2 Å². The van der Waals surface area contributed by atoms with E-state index < -0.39 is 24.5 Å². The maximum Gasteiger partial charge on any atom is 0.400 e. The van der Waals surface area contributed by atoms with Gasteiger partial charge in [0.25, 0.3) is 0 Å². The van der Waals surface area contributed by atoms with Crippen molar-refractivity contribution in [2.75, 3.05) is 13.2 Å². The van der Waals surface area contributed by atoms with Crippen molar-refractivity contribution in [2.45, 2.75) is 19.5 Å². The molecule has 0 bridgehead atoms. The van der Waals surface area contributed by atoms with E-state index in [0.717, 1.165) is 0 Å². The number of amidine groups is 1. The van der Waals surface area contributed by atoms with Crippen molar-refractivity contribution in [3.05, 3.63) is 0 Å². The molecule has 0 aromatic carbocycles. The normalized spacial score (nSPS) is 14.2. The van der Waals surface area contributed by atoms with Crippen LogP contribution >= 0.6 is 0 Å². The molecule has 0 aromatic rings. The first-order chi connectivity index (χ1) is 5.89. The number of nitrogens with two attached hydrogens (primary N) is 1. The van der Waals surface area contributed by atoms with Gasteiger partial charge in [-0.15, -0.1) is 0 Å². The highest BCUT2D eigenvalue weighted by Crippen LogP contribution is 2.26. The number of hydrogen-bond acceptors (Lipinski definition) is 2. The Labute approximate surface area is 74.6 Å². The summed E-state index contributed by atoms with van der Waals surface area (Å²) in [6.07, 6.45) is -3.85. The molecule has 0 saturated heterocycles. The molecule has 6 heteroatoms. The van der Waals surface area contributed by atoms with Gasteiger partial charge < -0.3 is 10.5 Å². The lowest BCUT2D eigenvalue weighted by Crippen LogP contribution is -2.38. The third-order valence-corrected chi connectivity index (χ3v) is 1.40. The first-order valence-electron chi connectivity index (χ1n) is 3.88. The molecule has 0 aliphatic rings. The fraction of sp³-hybridized carbons (Fsp3) is 0.857. The zero-order chi connectivity index (χ0) is 10.5. The summed E-state index contributed by atoms with van der Waals surface area (Å²) in [5, 5.41) is 6.72. The number of halogens is 3. The number of ether oxygens (including phenoxy) is 1. The summed E-state index contributed by atoms with van der Waals surface area (Å²) < 4.78 is 41.0. The molecule has 0 spiro atoms. The van der Waals surface area contributed by atoms with Gasteiger partial charge in [0, 0.05) is 6.61 Å². The second kappa shape index (κ2) is 5.06. The second-order valence-corrected chi connectivity index (χ2v) is 2.62. The number of nitrogens with one attached hydrogen (secondary N) is 1. The predicted molar refractivity (Wildman–Crippen MR) is 42.6 cm³/mol. The third kappa shape index (κ3) is 4.72. The lowest BCUT2D eigenvalue weighted by Gasteiger charge is -2.18. The molecular formula is C7H13F3N2O. The van der Waals surface area contributed by atoms with E-state index in [-0.39, 0.29) is 6.61 Å². The summed E-state index contributed by atoms with van der Waals surface area (Å²) >= 11 is 0. The summed E-state index contributed by atoms with van der Waals surface area (Å²) in [6.45, 7) is 1.48. The van der Waals surface area contributed by atoms with Crippen molar-refractivity contribution in [3.63, 3.8) is 0 Å². The summed E-state index contributed by atoms with van der Waals surface area (Å²) in [6, 6.07) is 0. The van der Waals surface area contributed by atoms with Gasteiger partial charge in [0.05, 0.1) is 6.61 Å². The molecule has 0 saturated carbocycles. The van der Waals surface area contributed by atoms with E-state index in [1.54, 1.807) is 6.92 Å². The highest BCUT2D eigenvalue weighted by molar-refractivity contribution is 5.80. The lowest BCUT2D eigenvalue weighted by molar-refractivity contribution is -0.168. The van der Waals surface area contributed by atoms with Crippen LogP contribution in [0.15, 0.2) is 0 Å². The summed E-state index contributed by atoms with van der Waals surface area (Å²) in [5.41, 5.74) is 4.79. The largest absolute Gasteiger partial charge is 0.400 e. The van der Waals surface area contributed by atoms with Crippen LogP contribution in [0.2, 0.25) is 0 Å². The monoisotopic (exact) mass is 198 g/mol. The molecular weight excluding hydrogens is 185 g/mol. The van der Waals surface area contributed by atoms with Crippen molar-refractivity contribution in [3.8, 4) is 0 Å². The molecule has 0 aromatic heterocycles. The Balaban J connectivity index is 4.04. The van der Waals surface area contributed by atoms with E-state index in [9.17, 15) is 13.2 Å². The molecule has 0 amide bonds. The average Bonchev–Trinajstić information content (AvgIpc) is 1.94. The van der Waals surface area contributed by atoms with Crippen LogP contribution in [0.5, 0.6) is 0 Å². The van der Waals surface area contributed by atoms with E-state index in [0.29, 0.717) is 6.42 Å². The van der Waals surface area contributed by atoms with Crippen LogP contribution < -0.4 is 5.73 Å². The molecule has 1 unspecified atom stereocenters. The van der Waals surface area contributed by atoms with E-state index in [4.69, 9.17) is 15.9 Å². The van der Waals surface area contributed by atoms with Gasteiger partial charge in [-0.3, -0.25) is 5.41 Å². The Morgan fingerprint density at radius 3 is 2.38 bits per heavy atom. The molecule has 0 fully saturated rings. The van der Waals surface area contributed by atoms with Crippen LogP contribution in [0, 0.1) is 11.3 Å². The maximum atomic E-state index is 12.1. The van der Waals surface area contributed by atoms with Gasteiger partial charge in [0.1, 0.15) is 11.8 Å². The van der Waals surface area contributed by atoms with Crippen molar-refractivity contribution in [1.82, 2.24) is 0 Å². The van der Waals surface area contributed by atoms with Crippen molar-refractivity contribution in [2.24, 2.45) is 11.7 Å². The van der Waals surface area contributed by atoms with Gasteiger partial charge in [0.15, 0.2) is 0 Å². The molecule has 0 rings (SSSR count). The first kappa shape index (κ1) is 12.2. The summed E-state index contributed by atoms with van der Waals surface area (Å²) in [4.78, 5) is 0. The fourth-order valence-corrected chi connectivity index (χ4v) is 0.706. The smallest absolute Gasteiger partial charge is 0.387 e. The molecule has 3 nitrogen and oxygen atoms in total. The first-order valence-corrected chi connectivity index (χ1v) is 3.88. The van der Waals surface area contributed by atoms with Gasteiger partial charge >= 0.3 is 6.18 Å². The van der Waals surface area contributed by atoms with Crippen LogP contribution in [0.1, 0.15) is 13.3 Å². The topological polar surface area (TPSA) is 59.1 Å². The zero-order valence-corrected chi connectivity index (χ0v) is 7.32. The maximum absolute atomic E-state index is 12.1. The quantitative estimate of drug-likeness (QED) is 0.400. The van der Waals surface area contributed by atoms with Crippen LogP contribution in [0.3, 0.4) is 0 Å². The van der Waals surface area contributed by atoms with Crippen molar-refractivity contribution in [1.29, 1.82) is 5.41 Å². The minimum Gasteiger partial charge on any atom is -0.387 e. The zero-order valence-electron chi connectivity index (χ0n) is 7.32. The number of hydrogen-bond donors (Lipinski definition) is 2. The Bertz CT molecular complexity index is 170. The van der Waals surface area contributed by atoms with Crippen molar-refractivity contribution < 1.29 is 17.9 Å². The molecule has 1 atom stereocenters. The SMILES string of the molecule is CCCOCC(C(=N)N)C(F)(F)F. The Kier molecular flexibility index (Phi) is 4.76. The van der Waals surface area contributed by atoms with Crippen LogP contribution in [0.4, 0.5) is 13.2 Å². The van der Waals surface area contributed by atoms with Gasteiger partial charge in [-0.25, -0.2) is 0 Å². The average molecular weight is 198 g/mol. The molecule has 78 valence electrons. The Hall–Kier alpha value is -0.780. The van der Waals surface area contributed by atoms with Gasteiger partial charge in [0.2, 0.25) is 0 Å². The molecule has 0 aliphatic carbocycles. The molecule has 0 aliphatic heterocycles. The highest BCUT2D eigenvalue weighted by Gasteiger charge is 2.41. The van der Waals surface area contributed by atoms with Crippen molar-refractivity contribution >= 4 is 5.84 Å². The van der Waals surface area contributed by atoms with Crippen LogP contribution in [0.25, 0.3) is 0 Å². The molecule has 0 radical (unpaired) electrons. The van der Waals surface area contributed by atoms with Gasteiger partial charge in [-0.05, 0) is 6.42 Å². The fourth-order valence-electron chi connectivity index (χ4n) is 0.706. The Morgan fingerprint density at radius 2 is 2.08 bits per heavy atom. The lowest BCUT2D eigenvalue weighted by atomic mass is 10.1. The second-order valence-electron chi connectivity index (χ2n) is 2.62. The van der Waals surface area contributed by atoms with Crippen LogP contribution in [-0.4, -0.2) is 25.2 Å². The van der Waals surface area contributed by atoms with Gasteiger partial charge in [-0.1, -0.05) is 6.92 Å². The number of rotatable bonds is 5. The van der Waals surface area contributed by atoms with E-state index in [2.05, 4.69) is 0 Å². The highest BCUT2D eigenvalue weighted by atomic mass is 19.4. The third-order valence-electron chi connectivity index (χ3n) is 1.40. The standard InChI is InChI=1S/C7H13F3N2O/c1-2-3-13-4-5(6(11)12)7(8,9)10/h5H,2-4H2,1H3,(H3,11,12).